The lowest BCUT2D eigenvalue weighted by atomic mass is 10.0. The molecular formula is C19H18FN3O5. The molecule has 1 saturated heterocycles. The zero-order valence-corrected chi connectivity index (χ0v) is 15.1. The average molecular weight is 387 g/mol. The molecule has 2 aromatic rings. The largest absolute Gasteiger partial charge is 0.465 e. The van der Waals surface area contributed by atoms with Crippen LogP contribution < -0.4 is 10.6 Å². The lowest BCUT2D eigenvalue weighted by molar-refractivity contribution is -0.118. The second kappa shape index (κ2) is 8.03. The van der Waals surface area contributed by atoms with Crippen LogP contribution in [0, 0.1) is 5.82 Å². The Morgan fingerprint density at radius 2 is 2.14 bits per heavy atom. The van der Waals surface area contributed by atoms with Crippen molar-refractivity contribution in [3.8, 4) is 11.1 Å². The molecule has 0 spiro atoms. The first kappa shape index (κ1) is 19.3. The number of halogens is 1. The minimum atomic E-state index is -0.615. The Hall–Kier alpha value is -3.49. The third-order valence-electron chi connectivity index (χ3n) is 4.32. The smallest absolute Gasteiger partial charge is 0.414 e. The minimum Gasteiger partial charge on any atom is -0.465 e. The molecule has 0 aliphatic carbocycles. The Balaban J connectivity index is 1.80. The van der Waals surface area contributed by atoms with Gasteiger partial charge in [0.2, 0.25) is 5.91 Å². The van der Waals surface area contributed by atoms with Crippen LogP contribution in [0.15, 0.2) is 36.7 Å². The molecular weight excluding hydrogens is 369 g/mol. The van der Waals surface area contributed by atoms with Crippen molar-refractivity contribution in [2.24, 2.45) is 5.73 Å². The highest BCUT2D eigenvalue weighted by molar-refractivity contribution is 5.91. The van der Waals surface area contributed by atoms with E-state index in [1.807, 2.05) is 0 Å². The fraction of sp³-hybridized carbons (Fsp3) is 0.263. The first-order valence-corrected chi connectivity index (χ1v) is 8.48. The summed E-state index contributed by atoms with van der Waals surface area (Å²) >= 11 is 0. The Morgan fingerprint density at radius 1 is 1.36 bits per heavy atom. The fourth-order valence-electron chi connectivity index (χ4n) is 2.91. The van der Waals surface area contributed by atoms with Gasteiger partial charge in [-0.2, -0.15) is 0 Å². The van der Waals surface area contributed by atoms with Crippen LogP contribution in [-0.4, -0.2) is 42.7 Å². The number of ether oxygens (including phenoxy) is 2. The molecule has 1 aromatic heterocycles. The molecule has 2 amide bonds. The SMILES string of the molecule is COC(=O)c1cncc(-c2ccc(N3CC(CCC(N)=O)OC3=O)cc2F)c1. The predicted molar refractivity (Wildman–Crippen MR) is 97.0 cm³/mol. The van der Waals surface area contributed by atoms with Gasteiger partial charge in [0.15, 0.2) is 0 Å². The van der Waals surface area contributed by atoms with Gasteiger partial charge in [0, 0.05) is 29.9 Å². The number of hydrogen-bond donors (Lipinski definition) is 1. The summed E-state index contributed by atoms with van der Waals surface area (Å²) in [5, 5.41) is 0. The topological polar surface area (TPSA) is 112 Å². The summed E-state index contributed by atoms with van der Waals surface area (Å²) in [6, 6.07) is 5.74. The molecule has 2 N–H and O–H groups in total. The van der Waals surface area contributed by atoms with Gasteiger partial charge in [0.05, 0.1) is 24.9 Å². The number of esters is 1. The number of amides is 2. The van der Waals surface area contributed by atoms with Crippen molar-refractivity contribution in [3.63, 3.8) is 0 Å². The van der Waals surface area contributed by atoms with Crippen molar-refractivity contribution in [1.82, 2.24) is 4.98 Å². The summed E-state index contributed by atoms with van der Waals surface area (Å²) in [5.74, 6) is -1.64. The molecule has 0 saturated carbocycles. The molecule has 28 heavy (non-hydrogen) atoms. The maximum absolute atomic E-state index is 14.7. The third kappa shape index (κ3) is 4.08. The molecule has 1 aliphatic rings. The lowest BCUT2D eigenvalue weighted by Crippen LogP contribution is -2.25. The standard InChI is InChI=1S/C19H18FN3O5/c1-27-18(25)12-6-11(8-22-9-12)15-4-2-13(7-16(15)20)23-10-14(28-19(23)26)3-5-17(21)24/h2,4,6-9,14H,3,5,10H2,1H3,(H2,21,24). The Kier molecular flexibility index (Phi) is 5.53. The second-order valence-electron chi connectivity index (χ2n) is 6.24. The number of carbonyl (C=O) groups is 3. The molecule has 0 bridgehead atoms. The highest BCUT2D eigenvalue weighted by Gasteiger charge is 2.32. The van der Waals surface area contributed by atoms with E-state index < -0.39 is 29.9 Å². The number of nitrogens with zero attached hydrogens (tertiary/aromatic N) is 2. The van der Waals surface area contributed by atoms with Gasteiger partial charge in [-0.3, -0.25) is 14.7 Å². The maximum Gasteiger partial charge on any atom is 0.414 e. The van der Waals surface area contributed by atoms with E-state index in [0.717, 1.165) is 0 Å². The van der Waals surface area contributed by atoms with Crippen molar-refractivity contribution in [1.29, 1.82) is 0 Å². The third-order valence-corrected chi connectivity index (χ3v) is 4.32. The van der Waals surface area contributed by atoms with Gasteiger partial charge in [-0.05, 0) is 30.7 Å². The zero-order chi connectivity index (χ0) is 20.3. The van der Waals surface area contributed by atoms with Crippen molar-refractivity contribution in [3.05, 3.63) is 48.0 Å². The van der Waals surface area contributed by atoms with E-state index in [4.69, 9.17) is 10.5 Å². The molecule has 1 unspecified atom stereocenters. The van der Waals surface area contributed by atoms with Gasteiger partial charge in [-0.15, -0.1) is 0 Å². The zero-order valence-electron chi connectivity index (χ0n) is 15.1. The van der Waals surface area contributed by atoms with Crippen LogP contribution in [0.1, 0.15) is 23.2 Å². The number of carbonyl (C=O) groups excluding carboxylic acids is 3. The van der Waals surface area contributed by atoms with Crippen molar-refractivity contribution < 1.29 is 28.2 Å². The monoisotopic (exact) mass is 387 g/mol. The number of pyridine rings is 1. The summed E-state index contributed by atoms with van der Waals surface area (Å²) in [4.78, 5) is 39.8. The van der Waals surface area contributed by atoms with Crippen molar-refractivity contribution in [2.45, 2.75) is 18.9 Å². The molecule has 2 heterocycles. The molecule has 146 valence electrons. The normalized spacial score (nSPS) is 16.0. The number of methoxy groups -OCH3 is 1. The highest BCUT2D eigenvalue weighted by Crippen LogP contribution is 2.29. The van der Waals surface area contributed by atoms with E-state index in [9.17, 15) is 18.8 Å². The fourth-order valence-corrected chi connectivity index (χ4v) is 2.91. The average Bonchev–Trinajstić information content (AvgIpc) is 3.06. The van der Waals surface area contributed by atoms with Gasteiger partial charge < -0.3 is 15.2 Å². The van der Waals surface area contributed by atoms with Crippen LogP contribution in [0.4, 0.5) is 14.9 Å². The molecule has 3 rings (SSSR count). The second-order valence-corrected chi connectivity index (χ2v) is 6.24. The number of anilines is 1. The van der Waals surface area contributed by atoms with Crippen LogP contribution in [0.5, 0.6) is 0 Å². The number of rotatable bonds is 6. The summed E-state index contributed by atoms with van der Waals surface area (Å²) < 4.78 is 24.5. The van der Waals surface area contributed by atoms with Gasteiger partial charge in [0.25, 0.3) is 0 Å². The summed E-state index contributed by atoms with van der Waals surface area (Å²) in [5.41, 5.74) is 6.25. The van der Waals surface area contributed by atoms with Gasteiger partial charge in [-0.25, -0.2) is 14.0 Å². The minimum absolute atomic E-state index is 0.0998. The Morgan fingerprint density at radius 3 is 2.82 bits per heavy atom. The highest BCUT2D eigenvalue weighted by atomic mass is 19.1. The van der Waals surface area contributed by atoms with Crippen LogP contribution in [-0.2, 0) is 14.3 Å². The van der Waals surface area contributed by atoms with E-state index in [0.29, 0.717) is 17.7 Å². The quantitative estimate of drug-likeness (QED) is 0.761. The number of cyclic esters (lactones) is 1. The van der Waals surface area contributed by atoms with Crippen molar-refractivity contribution >= 4 is 23.7 Å². The first-order chi connectivity index (χ1) is 13.4. The first-order valence-electron chi connectivity index (χ1n) is 8.48. The van der Waals surface area contributed by atoms with Gasteiger partial charge in [0.1, 0.15) is 11.9 Å². The Labute approximate surface area is 160 Å². The van der Waals surface area contributed by atoms with E-state index >= 15 is 0 Å². The Bertz CT molecular complexity index is 934. The number of hydrogen-bond acceptors (Lipinski definition) is 6. The van der Waals surface area contributed by atoms with Crippen molar-refractivity contribution in [2.75, 3.05) is 18.6 Å². The molecule has 1 aliphatic heterocycles. The van der Waals surface area contributed by atoms with E-state index in [1.165, 1.54) is 42.6 Å². The predicted octanol–water partition coefficient (Wildman–Crippen LogP) is 2.26. The van der Waals surface area contributed by atoms with Gasteiger partial charge >= 0.3 is 12.1 Å². The molecule has 1 atom stereocenters. The van der Waals surface area contributed by atoms with E-state index in [-0.39, 0.29) is 24.1 Å². The molecule has 1 aromatic carbocycles. The molecule has 0 radical (unpaired) electrons. The van der Waals surface area contributed by atoms with E-state index in [1.54, 1.807) is 6.07 Å². The summed E-state index contributed by atoms with van der Waals surface area (Å²) in [6.07, 6.45) is 2.06. The number of nitrogens with two attached hydrogens (primary N) is 1. The summed E-state index contributed by atoms with van der Waals surface area (Å²) in [7, 11) is 1.25. The number of aromatic nitrogens is 1. The van der Waals surface area contributed by atoms with Crippen LogP contribution in [0.25, 0.3) is 11.1 Å². The molecule has 9 heteroatoms. The lowest BCUT2D eigenvalue weighted by Gasteiger charge is -2.14. The van der Waals surface area contributed by atoms with E-state index in [2.05, 4.69) is 9.72 Å². The van der Waals surface area contributed by atoms with Gasteiger partial charge in [-0.1, -0.05) is 0 Å². The molecule has 1 fully saturated rings. The maximum atomic E-state index is 14.7. The number of primary amides is 1. The summed E-state index contributed by atoms with van der Waals surface area (Å²) in [6.45, 7) is 0.199. The molecule has 8 nitrogen and oxygen atoms in total. The number of benzene rings is 1. The van der Waals surface area contributed by atoms with Crippen LogP contribution >= 0.6 is 0 Å². The van der Waals surface area contributed by atoms with Crippen LogP contribution in [0.2, 0.25) is 0 Å². The van der Waals surface area contributed by atoms with Crippen LogP contribution in [0.3, 0.4) is 0 Å².